The summed E-state index contributed by atoms with van der Waals surface area (Å²) in [5.41, 5.74) is 1.82. The number of aromatic nitrogens is 1. The highest BCUT2D eigenvalue weighted by atomic mass is 35.5. The maximum atomic E-state index is 12.5. The molecule has 3 rings (SSSR count). The summed E-state index contributed by atoms with van der Waals surface area (Å²) in [6.07, 6.45) is 1.57. The van der Waals surface area contributed by atoms with Gasteiger partial charge in [0, 0.05) is 22.3 Å². The van der Waals surface area contributed by atoms with Crippen LogP contribution < -0.4 is 20.1 Å². The lowest BCUT2D eigenvalue weighted by atomic mass is 10.2. The molecule has 0 bridgehead atoms. The monoisotopic (exact) mass is 383 g/mol. The number of ether oxygens (including phenoxy) is 2. The summed E-state index contributed by atoms with van der Waals surface area (Å²) in [6, 6.07) is 15.8. The Bertz CT molecular complexity index is 923. The molecule has 0 saturated carbocycles. The third-order valence-electron chi connectivity index (χ3n) is 3.73. The van der Waals surface area contributed by atoms with E-state index in [1.807, 2.05) is 12.1 Å². The van der Waals surface area contributed by atoms with Crippen molar-refractivity contribution in [1.29, 1.82) is 0 Å². The number of nitrogens with zero attached hydrogens (tertiary/aromatic N) is 1. The second-order valence-electron chi connectivity index (χ2n) is 5.62. The Kier molecular flexibility index (Phi) is 5.78. The Balaban J connectivity index is 1.70. The molecule has 0 unspecified atom stereocenters. The normalized spacial score (nSPS) is 10.2. The van der Waals surface area contributed by atoms with E-state index in [0.29, 0.717) is 33.6 Å². The maximum Gasteiger partial charge on any atom is 0.255 e. The van der Waals surface area contributed by atoms with Gasteiger partial charge in [-0.15, -0.1) is 0 Å². The summed E-state index contributed by atoms with van der Waals surface area (Å²) >= 11 is 5.97. The van der Waals surface area contributed by atoms with E-state index in [-0.39, 0.29) is 5.91 Å². The molecule has 0 fully saturated rings. The number of anilines is 3. The Morgan fingerprint density at radius 1 is 0.963 bits per heavy atom. The van der Waals surface area contributed by atoms with Crippen molar-refractivity contribution < 1.29 is 14.3 Å². The number of halogens is 1. The van der Waals surface area contributed by atoms with Crippen molar-refractivity contribution >= 4 is 34.7 Å². The van der Waals surface area contributed by atoms with Crippen molar-refractivity contribution in [1.82, 2.24) is 4.98 Å². The van der Waals surface area contributed by atoms with Crippen molar-refractivity contribution in [2.45, 2.75) is 0 Å². The summed E-state index contributed by atoms with van der Waals surface area (Å²) in [5.74, 6) is 1.43. The van der Waals surface area contributed by atoms with Crippen LogP contribution in [0, 0.1) is 0 Å². The van der Waals surface area contributed by atoms with Gasteiger partial charge >= 0.3 is 0 Å². The summed E-state index contributed by atoms with van der Waals surface area (Å²) in [5, 5.41) is 6.58. The third-order valence-corrected chi connectivity index (χ3v) is 3.97. The van der Waals surface area contributed by atoms with Crippen LogP contribution >= 0.6 is 11.6 Å². The molecule has 27 heavy (non-hydrogen) atoms. The molecule has 0 saturated heterocycles. The molecule has 0 aliphatic carbocycles. The van der Waals surface area contributed by atoms with E-state index in [9.17, 15) is 4.79 Å². The third kappa shape index (κ3) is 4.89. The SMILES string of the molecule is COc1cc(OC)cc(C(=O)Nc2ccc(Nc3cccc(Cl)c3)nc2)c1. The molecular weight excluding hydrogens is 366 g/mol. The molecule has 7 heteroatoms. The van der Waals surface area contributed by atoms with Gasteiger partial charge in [-0.3, -0.25) is 4.79 Å². The molecule has 1 amide bonds. The predicted octanol–water partition coefficient (Wildman–Crippen LogP) is 4.75. The van der Waals surface area contributed by atoms with E-state index in [2.05, 4.69) is 15.6 Å². The first-order valence-corrected chi connectivity index (χ1v) is 8.48. The van der Waals surface area contributed by atoms with E-state index >= 15 is 0 Å². The number of methoxy groups -OCH3 is 2. The predicted molar refractivity (Wildman–Crippen MR) is 106 cm³/mol. The molecular formula is C20H18ClN3O3. The molecule has 2 N–H and O–H groups in total. The molecule has 0 aliphatic rings. The fraction of sp³-hybridized carbons (Fsp3) is 0.100. The second-order valence-corrected chi connectivity index (χ2v) is 6.06. The number of hydrogen-bond donors (Lipinski definition) is 2. The average molecular weight is 384 g/mol. The minimum atomic E-state index is -0.287. The van der Waals surface area contributed by atoms with Gasteiger partial charge in [-0.2, -0.15) is 0 Å². The van der Waals surface area contributed by atoms with E-state index in [1.165, 1.54) is 14.2 Å². The molecule has 0 aliphatic heterocycles. The first-order valence-electron chi connectivity index (χ1n) is 8.10. The second kappa shape index (κ2) is 8.42. The standard InChI is InChI=1S/C20H18ClN3O3/c1-26-17-8-13(9-18(11-17)27-2)20(25)24-16-6-7-19(22-12-16)23-15-5-3-4-14(21)10-15/h3-12H,1-2H3,(H,22,23)(H,24,25). The fourth-order valence-corrected chi connectivity index (χ4v) is 2.59. The zero-order valence-electron chi connectivity index (χ0n) is 14.8. The van der Waals surface area contributed by atoms with Gasteiger partial charge in [0.05, 0.1) is 26.1 Å². The quantitative estimate of drug-likeness (QED) is 0.642. The van der Waals surface area contributed by atoms with Crippen LogP contribution in [0.1, 0.15) is 10.4 Å². The molecule has 0 spiro atoms. The maximum absolute atomic E-state index is 12.5. The van der Waals surface area contributed by atoms with Crippen LogP contribution in [0.25, 0.3) is 0 Å². The lowest BCUT2D eigenvalue weighted by molar-refractivity contribution is 0.102. The topological polar surface area (TPSA) is 72.5 Å². The Labute approximate surface area is 162 Å². The molecule has 6 nitrogen and oxygen atoms in total. The smallest absolute Gasteiger partial charge is 0.255 e. The molecule has 3 aromatic rings. The van der Waals surface area contributed by atoms with Gasteiger partial charge in [-0.05, 0) is 42.5 Å². The summed E-state index contributed by atoms with van der Waals surface area (Å²) in [6.45, 7) is 0. The van der Waals surface area contributed by atoms with Crippen LogP contribution in [0.4, 0.5) is 17.2 Å². The zero-order chi connectivity index (χ0) is 19.2. The minimum Gasteiger partial charge on any atom is -0.497 e. The number of rotatable bonds is 6. The first-order chi connectivity index (χ1) is 13.1. The average Bonchev–Trinajstić information content (AvgIpc) is 2.69. The van der Waals surface area contributed by atoms with Crippen molar-refractivity contribution in [2.24, 2.45) is 0 Å². The molecule has 0 radical (unpaired) electrons. The van der Waals surface area contributed by atoms with Crippen molar-refractivity contribution in [3.05, 3.63) is 71.4 Å². The summed E-state index contributed by atoms with van der Waals surface area (Å²) < 4.78 is 10.4. The number of carbonyl (C=O) groups is 1. The summed E-state index contributed by atoms with van der Waals surface area (Å²) in [4.78, 5) is 16.8. The summed E-state index contributed by atoms with van der Waals surface area (Å²) in [7, 11) is 3.07. The molecule has 0 atom stereocenters. The highest BCUT2D eigenvalue weighted by Crippen LogP contribution is 2.24. The van der Waals surface area contributed by atoms with Gasteiger partial charge in [0.2, 0.25) is 0 Å². The van der Waals surface area contributed by atoms with Crippen LogP contribution in [0.5, 0.6) is 11.5 Å². The number of carbonyl (C=O) groups excluding carboxylic acids is 1. The Morgan fingerprint density at radius 3 is 2.30 bits per heavy atom. The van der Waals surface area contributed by atoms with Crippen LogP contribution in [0.3, 0.4) is 0 Å². The number of nitrogens with one attached hydrogen (secondary N) is 2. The molecule has 1 aromatic heterocycles. The minimum absolute atomic E-state index is 0.287. The van der Waals surface area contributed by atoms with E-state index in [1.54, 1.807) is 48.7 Å². The lowest BCUT2D eigenvalue weighted by Gasteiger charge is -2.10. The van der Waals surface area contributed by atoms with E-state index in [0.717, 1.165) is 5.69 Å². The number of hydrogen-bond acceptors (Lipinski definition) is 5. The van der Waals surface area contributed by atoms with Gasteiger partial charge in [-0.1, -0.05) is 17.7 Å². The van der Waals surface area contributed by atoms with E-state index < -0.39 is 0 Å². The van der Waals surface area contributed by atoms with E-state index in [4.69, 9.17) is 21.1 Å². The lowest BCUT2D eigenvalue weighted by Crippen LogP contribution is -2.12. The Morgan fingerprint density at radius 2 is 1.70 bits per heavy atom. The van der Waals surface area contributed by atoms with Gasteiger partial charge in [0.25, 0.3) is 5.91 Å². The molecule has 2 aromatic carbocycles. The van der Waals surface area contributed by atoms with Crippen molar-refractivity contribution in [3.63, 3.8) is 0 Å². The molecule has 138 valence electrons. The zero-order valence-corrected chi connectivity index (χ0v) is 15.6. The van der Waals surface area contributed by atoms with Gasteiger partial charge in [-0.25, -0.2) is 4.98 Å². The van der Waals surface area contributed by atoms with Gasteiger partial charge in [0.15, 0.2) is 0 Å². The van der Waals surface area contributed by atoms with Gasteiger partial charge < -0.3 is 20.1 Å². The van der Waals surface area contributed by atoms with Crippen LogP contribution in [0.15, 0.2) is 60.8 Å². The van der Waals surface area contributed by atoms with Gasteiger partial charge in [0.1, 0.15) is 17.3 Å². The van der Waals surface area contributed by atoms with Crippen LogP contribution in [-0.4, -0.2) is 25.1 Å². The highest BCUT2D eigenvalue weighted by molar-refractivity contribution is 6.30. The first kappa shape index (κ1) is 18.5. The number of pyridine rings is 1. The molecule has 1 heterocycles. The van der Waals surface area contributed by atoms with Crippen LogP contribution in [0.2, 0.25) is 5.02 Å². The highest BCUT2D eigenvalue weighted by Gasteiger charge is 2.10. The largest absolute Gasteiger partial charge is 0.497 e. The fourth-order valence-electron chi connectivity index (χ4n) is 2.40. The number of amides is 1. The van der Waals surface area contributed by atoms with Crippen molar-refractivity contribution in [3.8, 4) is 11.5 Å². The Hall–Kier alpha value is -3.25. The van der Waals surface area contributed by atoms with Crippen molar-refractivity contribution in [2.75, 3.05) is 24.9 Å². The van der Waals surface area contributed by atoms with Crippen LogP contribution in [-0.2, 0) is 0 Å². The number of benzene rings is 2.